The molecule has 0 aliphatic carbocycles. The van der Waals surface area contributed by atoms with Crippen molar-refractivity contribution in [1.29, 1.82) is 0 Å². The van der Waals surface area contributed by atoms with Crippen LogP contribution in [0.3, 0.4) is 0 Å². The summed E-state index contributed by atoms with van der Waals surface area (Å²) in [6.45, 7) is 5.63. The molecule has 0 atom stereocenters. The molecule has 0 aliphatic heterocycles. The largest absolute Gasteiger partial charge is 0.329 e. The lowest BCUT2D eigenvalue weighted by Gasteiger charge is -2.22. The first-order valence-corrected chi connectivity index (χ1v) is 6.80. The Kier molecular flexibility index (Phi) is 7.31. The lowest BCUT2D eigenvalue weighted by Crippen LogP contribution is -2.28. The zero-order valence-electron chi connectivity index (χ0n) is 12.0. The molecule has 0 bridgehead atoms. The van der Waals surface area contributed by atoms with Crippen LogP contribution in [0.25, 0.3) is 0 Å². The van der Waals surface area contributed by atoms with Gasteiger partial charge in [-0.2, -0.15) is 0 Å². The second-order valence-electron chi connectivity index (χ2n) is 4.97. The first-order chi connectivity index (χ1) is 9.28. The number of nitrogens with zero attached hydrogens (tertiary/aromatic N) is 1. The van der Waals surface area contributed by atoms with Gasteiger partial charge in [-0.1, -0.05) is 60.2 Å². The average Bonchev–Trinajstić information content (AvgIpc) is 2.43. The van der Waals surface area contributed by atoms with E-state index in [0.29, 0.717) is 6.54 Å². The Balaban J connectivity index is 0.00000200. The second kappa shape index (κ2) is 8.75. The highest BCUT2D eigenvalue weighted by atomic mass is 35.5. The van der Waals surface area contributed by atoms with E-state index in [1.165, 1.54) is 16.7 Å². The lowest BCUT2D eigenvalue weighted by atomic mass is 10.1. The zero-order chi connectivity index (χ0) is 13.5. The van der Waals surface area contributed by atoms with E-state index in [4.69, 9.17) is 5.73 Å². The van der Waals surface area contributed by atoms with Crippen LogP contribution in [0.5, 0.6) is 0 Å². The van der Waals surface area contributed by atoms with E-state index in [1.807, 2.05) is 0 Å². The van der Waals surface area contributed by atoms with Crippen molar-refractivity contribution in [3.63, 3.8) is 0 Å². The molecule has 2 nitrogen and oxygen atoms in total. The van der Waals surface area contributed by atoms with E-state index in [-0.39, 0.29) is 12.4 Å². The summed E-state index contributed by atoms with van der Waals surface area (Å²) in [6.07, 6.45) is 0. The van der Waals surface area contributed by atoms with Gasteiger partial charge in [-0.15, -0.1) is 12.4 Å². The summed E-state index contributed by atoms with van der Waals surface area (Å²) in [5.41, 5.74) is 9.70. The van der Waals surface area contributed by atoms with E-state index in [1.54, 1.807) is 0 Å². The molecule has 2 aromatic rings. The first-order valence-electron chi connectivity index (χ1n) is 6.80. The topological polar surface area (TPSA) is 29.3 Å². The second-order valence-corrected chi connectivity index (χ2v) is 4.97. The molecule has 0 unspecified atom stereocenters. The van der Waals surface area contributed by atoms with Crippen molar-refractivity contribution in [2.45, 2.75) is 20.0 Å². The molecule has 0 aromatic heterocycles. The van der Waals surface area contributed by atoms with Crippen LogP contribution >= 0.6 is 12.4 Å². The molecule has 108 valence electrons. The van der Waals surface area contributed by atoms with E-state index >= 15 is 0 Å². The van der Waals surface area contributed by atoms with Gasteiger partial charge in [-0.05, 0) is 18.1 Å². The Labute approximate surface area is 128 Å². The van der Waals surface area contributed by atoms with Crippen LogP contribution in [0.4, 0.5) is 0 Å². The van der Waals surface area contributed by atoms with Crippen LogP contribution in [-0.4, -0.2) is 18.0 Å². The monoisotopic (exact) mass is 290 g/mol. The highest BCUT2D eigenvalue weighted by Gasteiger charge is 2.06. The fourth-order valence-corrected chi connectivity index (χ4v) is 2.19. The summed E-state index contributed by atoms with van der Waals surface area (Å²) < 4.78 is 0. The quantitative estimate of drug-likeness (QED) is 0.884. The van der Waals surface area contributed by atoms with Crippen molar-refractivity contribution >= 4 is 12.4 Å². The number of nitrogens with two attached hydrogens (primary N) is 1. The third-order valence-corrected chi connectivity index (χ3v) is 3.22. The maximum absolute atomic E-state index is 5.72. The standard InChI is InChI=1S/C17H22N2.ClH/c1-15-7-9-17(10-8-15)14-19(12-11-18)13-16-5-3-2-4-6-16;/h2-10H,11-14,18H2,1H3;1H. The lowest BCUT2D eigenvalue weighted by molar-refractivity contribution is 0.264. The highest BCUT2D eigenvalue weighted by Crippen LogP contribution is 2.10. The summed E-state index contributed by atoms with van der Waals surface area (Å²) in [6, 6.07) is 19.3. The molecule has 0 heterocycles. The van der Waals surface area contributed by atoms with Gasteiger partial charge in [0.2, 0.25) is 0 Å². The predicted octanol–water partition coefficient (Wildman–Crippen LogP) is 3.38. The Morgan fingerprint density at radius 2 is 1.40 bits per heavy atom. The number of halogens is 1. The summed E-state index contributed by atoms with van der Waals surface area (Å²) >= 11 is 0. The molecule has 20 heavy (non-hydrogen) atoms. The van der Waals surface area contributed by atoms with Gasteiger partial charge in [0.15, 0.2) is 0 Å². The third kappa shape index (κ3) is 5.33. The Hall–Kier alpha value is -1.35. The van der Waals surface area contributed by atoms with Crippen molar-refractivity contribution in [1.82, 2.24) is 4.90 Å². The summed E-state index contributed by atoms with van der Waals surface area (Å²) in [7, 11) is 0. The van der Waals surface area contributed by atoms with Crippen molar-refractivity contribution < 1.29 is 0 Å². The van der Waals surface area contributed by atoms with Crippen molar-refractivity contribution in [2.75, 3.05) is 13.1 Å². The molecule has 0 spiro atoms. The maximum atomic E-state index is 5.72. The molecular formula is C17H23ClN2. The van der Waals surface area contributed by atoms with Gasteiger partial charge in [-0.25, -0.2) is 0 Å². The molecule has 2 aromatic carbocycles. The molecule has 0 amide bonds. The van der Waals surface area contributed by atoms with Gasteiger partial charge in [-0.3, -0.25) is 4.90 Å². The number of hydrogen-bond donors (Lipinski definition) is 1. The summed E-state index contributed by atoms with van der Waals surface area (Å²) in [5, 5.41) is 0. The molecule has 0 aliphatic rings. The fraction of sp³-hybridized carbons (Fsp3) is 0.294. The first kappa shape index (κ1) is 16.7. The van der Waals surface area contributed by atoms with Gasteiger partial charge in [0.1, 0.15) is 0 Å². The molecule has 2 rings (SSSR count). The normalized spacial score (nSPS) is 10.3. The van der Waals surface area contributed by atoms with Crippen molar-refractivity contribution in [2.24, 2.45) is 5.73 Å². The van der Waals surface area contributed by atoms with Crippen LogP contribution in [0.2, 0.25) is 0 Å². The molecule has 2 N–H and O–H groups in total. The van der Waals surface area contributed by atoms with Crippen LogP contribution < -0.4 is 5.73 Å². The minimum atomic E-state index is 0. The van der Waals surface area contributed by atoms with Crippen LogP contribution in [0.15, 0.2) is 54.6 Å². The number of benzene rings is 2. The smallest absolute Gasteiger partial charge is 0.0237 e. The minimum Gasteiger partial charge on any atom is -0.329 e. The zero-order valence-corrected chi connectivity index (χ0v) is 12.8. The average molecular weight is 291 g/mol. The predicted molar refractivity (Wildman–Crippen MR) is 88.0 cm³/mol. The Morgan fingerprint density at radius 1 is 0.850 bits per heavy atom. The number of rotatable bonds is 6. The maximum Gasteiger partial charge on any atom is 0.0237 e. The van der Waals surface area contributed by atoms with Crippen LogP contribution in [0.1, 0.15) is 16.7 Å². The van der Waals surface area contributed by atoms with E-state index in [2.05, 4.69) is 66.4 Å². The van der Waals surface area contributed by atoms with Gasteiger partial charge >= 0.3 is 0 Å². The van der Waals surface area contributed by atoms with E-state index in [9.17, 15) is 0 Å². The number of hydrogen-bond acceptors (Lipinski definition) is 2. The minimum absolute atomic E-state index is 0. The molecule has 0 saturated carbocycles. The third-order valence-electron chi connectivity index (χ3n) is 3.22. The number of aryl methyl sites for hydroxylation is 1. The van der Waals surface area contributed by atoms with Gasteiger partial charge < -0.3 is 5.73 Å². The van der Waals surface area contributed by atoms with E-state index in [0.717, 1.165) is 19.6 Å². The molecular weight excluding hydrogens is 268 g/mol. The fourth-order valence-electron chi connectivity index (χ4n) is 2.19. The highest BCUT2D eigenvalue weighted by molar-refractivity contribution is 5.85. The SMILES string of the molecule is Cc1ccc(CN(CCN)Cc2ccccc2)cc1.Cl. The summed E-state index contributed by atoms with van der Waals surface area (Å²) in [5.74, 6) is 0. The van der Waals surface area contributed by atoms with Gasteiger partial charge in [0.05, 0.1) is 0 Å². The van der Waals surface area contributed by atoms with E-state index < -0.39 is 0 Å². The Bertz CT molecular complexity index is 482. The Morgan fingerprint density at radius 3 is 1.95 bits per heavy atom. The van der Waals surface area contributed by atoms with Crippen molar-refractivity contribution in [3.05, 3.63) is 71.3 Å². The molecule has 0 saturated heterocycles. The molecule has 3 heteroatoms. The summed E-state index contributed by atoms with van der Waals surface area (Å²) in [4.78, 5) is 2.39. The van der Waals surface area contributed by atoms with Crippen LogP contribution in [-0.2, 0) is 13.1 Å². The van der Waals surface area contributed by atoms with Crippen molar-refractivity contribution in [3.8, 4) is 0 Å². The van der Waals surface area contributed by atoms with Gasteiger partial charge in [0.25, 0.3) is 0 Å². The molecule has 0 radical (unpaired) electrons. The molecule has 0 fully saturated rings. The van der Waals surface area contributed by atoms with Crippen LogP contribution in [0, 0.1) is 6.92 Å². The van der Waals surface area contributed by atoms with Gasteiger partial charge in [0, 0.05) is 26.2 Å².